The van der Waals surface area contributed by atoms with Crippen LogP contribution in [0.1, 0.15) is 16.9 Å². The number of thioether (sulfide) groups is 1. The summed E-state index contributed by atoms with van der Waals surface area (Å²) in [6, 6.07) is 0. The molecule has 14 heavy (non-hydrogen) atoms. The first-order chi connectivity index (χ1) is 6.88. The van der Waals surface area contributed by atoms with Crippen molar-refractivity contribution in [2.75, 3.05) is 24.6 Å². The molecular formula is C8H12N4OS. The summed E-state index contributed by atoms with van der Waals surface area (Å²) in [5.41, 5.74) is 0.414. The second-order valence-electron chi connectivity index (χ2n) is 3.11. The summed E-state index contributed by atoms with van der Waals surface area (Å²) in [6.45, 7) is 1.65. The number of hydrogen-bond acceptors (Lipinski definition) is 4. The predicted octanol–water partition coefficient (Wildman–Crippen LogP) is 0.384. The number of rotatable bonds is 1. The molecule has 76 valence electrons. The molecule has 6 heteroatoms. The van der Waals surface area contributed by atoms with E-state index in [9.17, 15) is 4.79 Å². The maximum absolute atomic E-state index is 11.8. The minimum absolute atomic E-state index is 0.0127. The van der Waals surface area contributed by atoms with E-state index >= 15 is 0 Å². The highest BCUT2D eigenvalue weighted by Crippen LogP contribution is 2.11. The quantitative estimate of drug-likeness (QED) is 0.731. The molecule has 0 spiro atoms. The van der Waals surface area contributed by atoms with Crippen LogP contribution in [0.15, 0.2) is 6.20 Å². The number of aromatic amines is 1. The molecule has 5 nitrogen and oxygen atoms in total. The third-order valence-electron chi connectivity index (χ3n) is 2.14. The largest absolute Gasteiger partial charge is 0.336 e. The highest BCUT2D eigenvalue weighted by molar-refractivity contribution is 7.99. The number of amides is 1. The third-order valence-corrected chi connectivity index (χ3v) is 3.19. The molecule has 0 bridgehead atoms. The normalized spacial score (nSPS) is 17.9. The van der Waals surface area contributed by atoms with Gasteiger partial charge in [0.2, 0.25) is 0 Å². The Morgan fingerprint density at radius 3 is 3.21 bits per heavy atom. The van der Waals surface area contributed by atoms with E-state index in [0.29, 0.717) is 5.69 Å². The zero-order valence-corrected chi connectivity index (χ0v) is 8.59. The Kier molecular flexibility index (Phi) is 3.03. The molecule has 1 aliphatic heterocycles. The van der Waals surface area contributed by atoms with Crippen LogP contribution in [0.5, 0.6) is 0 Å². The molecule has 0 radical (unpaired) electrons. The summed E-state index contributed by atoms with van der Waals surface area (Å²) in [5.74, 6) is 2.15. The molecule has 1 amide bonds. The minimum atomic E-state index is -0.0127. The van der Waals surface area contributed by atoms with Crippen molar-refractivity contribution >= 4 is 17.7 Å². The van der Waals surface area contributed by atoms with E-state index in [1.807, 2.05) is 16.7 Å². The topological polar surface area (TPSA) is 61.9 Å². The average Bonchev–Trinajstić information content (AvgIpc) is 2.59. The van der Waals surface area contributed by atoms with Gasteiger partial charge in [0.1, 0.15) is 0 Å². The molecular weight excluding hydrogens is 200 g/mol. The van der Waals surface area contributed by atoms with E-state index < -0.39 is 0 Å². The number of hydrogen-bond donors (Lipinski definition) is 1. The molecule has 0 saturated carbocycles. The van der Waals surface area contributed by atoms with Gasteiger partial charge < -0.3 is 4.90 Å². The minimum Gasteiger partial charge on any atom is -0.336 e. The Balaban J connectivity index is 2.03. The van der Waals surface area contributed by atoms with Gasteiger partial charge in [-0.3, -0.25) is 4.79 Å². The van der Waals surface area contributed by atoms with Gasteiger partial charge in [0, 0.05) is 18.8 Å². The highest BCUT2D eigenvalue weighted by Gasteiger charge is 2.18. The average molecular weight is 212 g/mol. The molecule has 1 fully saturated rings. The monoisotopic (exact) mass is 212 g/mol. The second-order valence-corrected chi connectivity index (χ2v) is 4.34. The van der Waals surface area contributed by atoms with Crippen LogP contribution in [0.3, 0.4) is 0 Å². The lowest BCUT2D eigenvalue weighted by molar-refractivity contribution is 0.0762. The SMILES string of the molecule is O=C(c1cn[nH]n1)N1CCCSCC1. The van der Waals surface area contributed by atoms with Crippen molar-refractivity contribution in [3.63, 3.8) is 0 Å². The number of aromatic nitrogens is 3. The third kappa shape index (κ3) is 2.06. The number of H-pyrrole nitrogens is 1. The van der Waals surface area contributed by atoms with Gasteiger partial charge in [0.25, 0.3) is 5.91 Å². The molecule has 0 unspecified atom stereocenters. The molecule has 0 aromatic carbocycles. The Morgan fingerprint density at radius 2 is 2.43 bits per heavy atom. The van der Waals surface area contributed by atoms with Gasteiger partial charge in [-0.05, 0) is 12.2 Å². The van der Waals surface area contributed by atoms with E-state index in [1.54, 1.807) is 0 Å². The fraction of sp³-hybridized carbons (Fsp3) is 0.625. The molecule has 0 aliphatic carbocycles. The van der Waals surface area contributed by atoms with Crippen LogP contribution >= 0.6 is 11.8 Å². The van der Waals surface area contributed by atoms with Gasteiger partial charge in [-0.15, -0.1) is 0 Å². The summed E-state index contributed by atoms with van der Waals surface area (Å²) in [5, 5.41) is 9.87. The van der Waals surface area contributed by atoms with E-state index in [1.165, 1.54) is 6.20 Å². The van der Waals surface area contributed by atoms with Crippen LogP contribution in [0, 0.1) is 0 Å². The molecule has 0 atom stereocenters. The van der Waals surface area contributed by atoms with Gasteiger partial charge in [-0.25, -0.2) is 0 Å². The summed E-state index contributed by atoms with van der Waals surface area (Å²) in [6.07, 6.45) is 2.54. The standard InChI is InChI=1S/C8H12N4OS/c13-8(7-6-9-11-10-7)12-2-1-4-14-5-3-12/h6H,1-5H2,(H,9,10,11). The lowest BCUT2D eigenvalue weighted by Crippen LogP contribution is -2.33. The first-order valence-electron chi connectivity index (χ1n) is 4.61. The van der Waals surface area contributed by atoms with Crippen LogP contribution < -0.4 is 0 Å². The highest BCUT2D eigenvalue weighted by atomic mass is 32.2. The fourth-order valence-corrected chi connectivity index (χ4v) is 2.30. The second kappa shape index (κ2) is 4.45. The lowest BCUT2D eigenvalue weighted by Gasteiger charge is -2.17. The van der Waals surface area contributed by atoms with E-state index in [4.69, 9.17) is 0 Å². The smallest absolute Gasteiger partial charge is 0.276 e. The van der Waals surface area contributed by atoms with Gasteiger partial charge in [-0.2, -0.15) is 27.2 Å². The fourth-order valence-electron chi connectivity index (χ4n) is 1.42. The number of nitrogens with zero attached hydrogens (tertiary/aromatic N) is 3. The van der Waals surface area contributed by atoms with E-state index in [2.05, 4.69) is 15.4 Å². The summed E-state index contributed by atoms with van der Waals surface area (Å²) < 4.78 is 0. The number of nitrogens with one attached hydrogen (secondary N) is 1. The Hall–Kier alpha value is -1.04. The summed E-state index contributed by atoms with van der Waals surface area (Å²) >= 11 is 1.90. The number of carbonyl (C=O) groups is 1. The lowest BCUT2D eigenvalue weighted by atomic mass is 10.3. The zero-order chi connectivity index (χ0) is 9.80. The van der Waals surface area contributed by atoms with Crippen molar-refractivity contribution in [3.05, 3.63) is 11.9 Å². The van der Waals surface area contributed by atoms with Crippen LogP contribution in [0.4, 0.5) is 0 Å². The van der Waals surface area contributed by atoms with E-state index in [0.717, 1.165) is 31.0 Å². The van der Waals surface area contributed by atoms with Crippen molar-refractivity contribution in [1.82, 2.24) is 20.3 Å². The Labute approximate surface area is 86.2 Å². The van der Waals surface area contributed by atoms with Crippen LogP contribution in [0.25, 0.3) is 0 Å². The predicted molar refractivity (Wildman–Crippen MR) is 54.2 cm³/mol. The number of carbonyl (C=O) groups excluding carboxylic acids is 1. The van der Waals surface area contributed by atoms with Crippen molar-refractivity contribution in [3.8, 4) is 0 Å². The van der Waals surface area contributed by atoms with Crippen molar-refractivity contribution < 1.29 is 4.79 Å². The van der Waals surface area contributed by atoms with Crippen LogP contribution in [-0.4, -0.2) is 50.8 Å². The van der Waals surface area contributed by atoms with Crippen LogP contribution in [-0.2, 0) is 0 Å². The molecule has 1 aromatic heterocycles. The molecule has 1 aliphatic rings. The first kappa shape index (κ1) is 9.51. The van der Waals surface area contributed by atoms with Gasteiger partial charge in [0.05, 0.1) is 6.20 Å². The zero-order valence-electron chi connectivity index (χ0n) is 7.77. The maximum atomic E-state index is 11.8. The molecule has 1 N–H and O–H groups in total. The molecule has 2 rings (SSSR count). The van der Waals surface area contributed by atoms with Crippen LogP contribution in [0.2, 0.25) is 0 Å². The molecule has 1 aromatic rings. The van der Waals surface area contributed by atoms with Gasteiger partial charge in [-0.1, -0.05) is 0 Å². The van der Waals surface area contributed by atoms with E-state index in [-0.39, 0.29) is 5.91 Å². The molecule has 1 saturated heterocycles. The van der Waals surface area contributed by atoms with Crippen molar-refractivity contribution in [2.24, 2.45) is 0 Å². The van der Waals surface area contributed by atoms with Crippen molar-refractivity contribution in [1.29, 1.82) is 0 Å². The maximum Gasteiger partial charge on any atom is 0.276 e. The Morgan fingerprint density at radius 1 is 1.50 bits per heavy atom. The first-order valence-corrected chi connectivity index (χ1v) is 5.76. The Bertz CT molecular complexity index is 292. The van der Waals surface area contributed by atoms with Gasteiger partial charge >= 0.3 is 0 Å². The summed E-state index contributed by atoms with van der Waals surface area (Å²) in [4.78, 5) is 13.7. The summed E-state index contributed by atoms with van der Waals surface area (Å²) in [7, 11) is 0. The van der Waals surface area contributed by atoms with Crippen molar-refractivity contribution in [2.45, 2.75) is 6.42 Å². The molecule has 2 heterocycles. The van der Waals surface area contributed by atoms with Gasteiger partial charge in [0.15, 0.2) is 5.69 Å².